The summed E-state index contributed by atoms with van der Waals surface area (Å²) < 4.78 is 2.00. The maximum absolute atomic E-state index is 12.1. The Labute approximate surface area is 145 Å². The molecule has 2 heterocycles. The Kier molecular flexibility index (Phi) is 3.93. The van der Waals surface area contributed by atoms with Gasteiger partial charge in [-0.15, -0.1) is 0 Å². The number of carbonyl (C=O) groups excluding carboxylic acids is 2. The average Bonchev–Trinajstić information content (AvgIpc) is 3.22. The van der Waals surface area contributed by atoms with Crippen molar-refractivity contribution in [3.8, 4) is 5.69 Å². The van der Waals surface area contributed by atoms with E-state index in [1.165, 1.54) is 0 Å². The molecule has 0 spiro atoms. The van der Waals surface area contributed by atoms with E-state index in [4.69, 9.17) is 0 Å². The Hall–Kier alpha value is -3.15. The van der Waals surface area contributed by atoms with Crippen molar-refractivity contribution in [3.05, 3.63) is 54.9 Å². The molecule has 2 amide bonds. The number of likely N-dealkylation sites (tertiary alicyclic amines) is 1. The normalized spacial score (nSPS) is 14.2. The quantitative estimate of drug-likeness (QED) is 0.797. The van der Waals surface area contributed by atoms with Crippen molar-refractivity contribution >= 4 is 28.5 Å². The number of fused-ring (bicyclic) bond motifs is 1. The van der Waals surface area contributed by atoms with E-state index in [0.717, 1.165) is 23.1 Å². The molecule has 3 aromatic rings. The fourth-order valence-electron chi connectivity index (χ4n) is 3.12. The fraction of sp³-hybridized carbons (Fsp3) is 0.211. The molecule has 1 aromatic heterocycles. The van der Waals surface area contributed by atoms with E-state index < -0.39 is 0 Å². The summed E-state index contributed by atoms with van der Waals surface area (Å²) in [7, 11) is 0. The Bertz CT molecular complexity index is 930. The summed E-state index contributed by atoms with van der Waals surface area (Å²) in [5.41, 5.74) is 3.66. The Balaban J connectivity index is 1.47. The number of anilines is 1. The van der Waals surface area contributed by atoms with Crippen LogP contribution in [0.3, 0.4) is 0 Å². The molecule has 0 bridgehead atoms. The molecule has 1 aliphatic heterocycles. The molecule has 6 heteroatoms. The molecule has 25 heavy (non-hydrogen) atoms. The van der Waals surface area contributed by atoms with Crippen LogP contribution in [0.25, 0.3) is 16.7 Å². The van der Waals surface area contributed by atoms with E-state index in [-0.39, 0.29) is 18.4 Å². The van der Waals surface area contributed by atoms with Gasteiger partial charge >= 0.3 is 0 Å². The van der Waals surface area contributed by atoms with Gasteiger partial charge in [-0.2, -0.15) is 0 Å². The van der Waals surface area contributed by atoms with Crippen molar-refractivity contribution in [1.82, 2.24) is 14.5 Å². The van der Waals surface area contributed by atoms with E-state index in [1.807, 2.05) is 53.1 Å². The summed E-state index contributed by atoms with van der Waals surface area (Å²) in [6.07, 6.45) is 3.16. The number of aromatic nitrogens is 2. The highest BCUT2D eigenvalue weighted by molar-refractivity contribution is 5.95. The number of benzene rings is 2. The second kappa shape index (κ2) is 6.39. The number of amides is 2. The number of rotatable bonds is 4. The molecule has 1 saturated heterocycles. The third kappa shape index (κ3) is 3.10. The number of hydrogen-bond acceptors (Lipinski definition) is 3. The maximum atomic E-state index is 12.1. The first-order valence-corrected chi connectivity index (χ1v) is 8.31. The minimum atomic E-state index is -0.170. The van der Waals surface area contributed by atoms with Gasteiger partial charge in [0.2, 0.25) is 11.8 Å². The van der Waals surface area contributed by atoms with Gasteiger partial charge in [-0.25, -0.2) is 4.98 Å². The number of hydrogen-bond donors (Lipinski definition) is 1. The molecule has 1 N–H and O–H groups in total. The van der Waals surface area contributed by atoms with Crippen molar-refractivity contribution in [2.75, 3.05) is 18.4 Å². The van der Waals surface area contributed by atoms with Gasteiger partial charge in [0, 0.05) is 24.3 Å². The molecule has 0 radical (unpaired) electrons. The lowest BCUT2D eigenvalue weighted by molar-refractivity contribution is -0.131. The zero-order valence-corrected chi connectivity index (χ0v) is 13.7. The SMILES string of the molecule is O=C(CN1CCCC1=O)Nc1ccc(-n2cnc3ccccc32)cc1. The summed E-state index contributed by atoms with van der Waals surface area (Å²) in [5, 5.41) is 2.84. The molecule has 6 nitrogen and oxygen atoms in total. The topological polar surface area (TPSA) is 67.2 Å². The summed E-state index contributed by atoms with van der Waals surface area (Å²) in [4.78, 5) is 29.6. The summed E-state index contributed by atoms with van der Waals surface area (Å²) in [6.45, 7) is 0.783. The first-order chi connectivity index (χ1) is 12.2. The zero-order valence-electron chi connectivity index (χ0n) is 13.7. The number of imidazole rings is 1. The zero-order chi connectivity index (χ0) is 17.2. The smallest absolute Gasteiger partial charge is 0.243 e. The second-order valence-corrected chi connectivity index (χ2v) is 6.12. The van der Waals surface area contributed by atoms with Crippen LogP contribution in [-0.4, -0.2) is 39.4 Å². The fourth-order valence-corrected chi connectivity index (χ4v) is 3.12. The van der Waals surface area contributed by atoms with Crippen LogP contribution in [0.15, 0.2) is 54.9 Å². The predicted molar refractivity (Wildman–Crippen MR) is 95.5 cm³/mol. The Morgan fingerprint density at radius 1 is 1.12 bits per heavy atom. The number of nitrogens with zero attached hydrogens (tertiary/aromatic N) is 3. The maximum Gasteiger partial charge on any atom is 0.243 e. The van der Waals surface area contributed by atoms with Crippen LogP contribution < -0.4 is 5.32 Å². The van der Waals surface area contributed by atoms with Gasteiger partial charge in [-0.1, -0.05) is 12.1 Å². The van der Waals surface area contributed by atoms with Crippen LogP contribution >= 0.6 is 0 Å². The molecule has 126 valence electrons. The molecule has 0 unspecified atom stereocenters. The molecule has 1 fully saturated rings. The van der Waals surface area contributed by atoms with Crippen LogP contribution in [0.1, 0.15) is 12.8 Å². The second-order valence-electron chi connectivity index (χ2n) is 6.12. The van der Waals surface area contributed by atoms with Gasteiger partial charge in [-0.3, -0.25) is 14.2 Å². The molecule has 1 aliphatic rings. The minimum Gasteiger partial charge on any atom is -0.333 e. The monoisotopic (exact) mass is 334 g/mol. The van der Waals surface area contributed by atoms with E-state index in [0.29, 0.717) is 18.7 Å². The summed E-state index contributed by atoms with van der Waals surface area (Å²) in [5.74, 6) is -0.117. The molecular weight excluding hydrogens is 316 g/mol. The summed E-state index contributed by atoms with van der Waals surface area (Å²) >= 11 is 0. The van der Waals surface area contributed by atoms with Gasteiger partial charge in [0.25, 0.3) is 0 Å². The van der Waals surface area contributed by atoms with Crippen LogP contribution in [0.5, 0.6) is 0 Å². The third-order valence-corrected chi connectivity index (χ3v) is 4.39. The standard InChI is InChI=1S/C19H18N4O2/c24-18(12-22-11-3-6-19(22)25)21-14-7-9-15(10-8-14)23-13-20-16-4-1-2-5-17(16)23/h1-2,4-5,7-10,13H,3,6,11-12H2,(H,21,24). The number of carbonyl (C=O) groups is 2. The molecule has 0 aliphatic carbocycles. The predicted octanol–water partition coefficient (Wildman–Crippen LogP) is 2.59. The van der Waals surface area contributed by atoms with Gasteiger partial charge < -0.3 is 10.2 Å². The van der Waals surface area contributed by atoms with Crippen molar-refractivity contribution in [1.29, 1.82) is 0 Å². The first kappa shape index (κ1) is 15.4. The van der Waals surface area contributed by atoms with Crippen LogP contribution in [0, 0.1) is 0 Å². The van der Waals surface area contributed by atoms with Crippen molar-refractivity contribution < 1.29 is 9.59 Å². The van der Waals surface area contributed by atoms with Crippen molar-refractivity contribution in [2.45, 2.75) is 12.8 Å². The van der Waals surface area contributed by atoms with E-state index in [2.05, 4.69) is 10.3 Å². The van der Waals surface area contributed by atoms with Gasteiger partial charge in [0.15, 0.2) is 0 Å². The van der Waals surface area contributed by atoms with E-state index in [9.17, 15) is 9.59 Å². The van der Waals surface area contributed by atoms with Crippen molar-refractivity contribution in [3.63, 3.8) is 0 Å². The minimum absolute atomic E-state index is 0.0532. The molecular formula is C19H18N4O2. The lowest BCUT2D eigenvalue weighted by atomic mass is 10.2. The Morgan fingerprint density at radius 2 is 1.92 bits per heavy atom. The lowest BCUT2D eigenvalue weighted by Crippen LogP contribution is -2.33. The number of nitrogens with one attached hydrogen (secondary N) is 1. The van der Waals surface area contributed by atoms with Crippen LogP contribution in [0.2, 0.25) is 0 Å². The van der Waals surface area contributed by atoms with Gasteiger partial charge in [0.1, 0.15) is 6.33 Å². The van der Waals surface area contributed by atoms with Gasteiger partial charge in [0.05, 0.1) is 17.6 Å². The first-order valence-electron chi connectivity index (χ1n) is 8.31. The van der Waals surface area contributed by atoms with Crippen molar-refractivity contribution in [2.24, 2.45) is 0 Å². The molecule has 0 atom stereocenters. The molecule has 0 saturated carbocycles. The number of para-hydroxylation sites is 2. The third-order valence-electron chi connectivity index (χ3n) is 4.39. The van der Waals surface area contributed by atoms with Gasteiger partial charge in [-0.05, 0) is 42.8 Å². The highest BCUT2D eigenvalue weighted by Gasteiger charge is 2.22. The van der Waals surface area contributed by atoms with E-state index in [1.54, 1.807) is 11.2 Å². The van der Waals surface area contributed by atoms with E-state index >= 15 is 0 Å². The average molecular weight is 334 g/mol. The van der Waals surface area contributed by atoms with Crippen LogP contribution in [0.4, 0.5) is 5.69 Å². The highest BCUT2D eigenvalue weighted by Crippen LogP contribution is 2.19. The van der Waals surface area contributed by atoms with Crippen LogP contribution in [-0.2, 0) is 9.59 Å². The lowest BCUT2D eigenvalue weighted by Gasteiger charge is -2.15. The Morgan fingerprint density at radius 3 is 2.68 bits per heavy atom. The highest BCUT2D eigenvalue weighted by atomic mass is 16.2. The molecule has 2 aromatic carbocycles. The summed E-state index contributed by atoms with van der Waals surface area (Å²) in [6, 6.07) is 15.5. The molecule has 4 rings (SSSR count). The largest absolute Gasteiger partial charge is 0.333 e.